The van der Waals surface area contributed by atoms with Crippen molar-refractivity contribution in [1.29, 1.82) is 0 Å². The largest absolute Gasteiger partial charge is 0.357 e. The van der Waals surface area contributed by atoms with Crippen molar-refractivity contribution in [3.63, 3.8) is 0 Å². The van der Waals surface area contributed by atoms with Crippen LogP contribution in [0.3, 0.4) is 0 Å². The third-order valence-electron chi connectivity index (χ3n) is 4.03. The summed E-state index contributed by atoms with van der Waals surface area (Å²) in [6.07, 6.45) is 0.751. The normalized spacial score (nSPS) is 11.2. The van der Waals surface area contributed by atoms with E-state index in [1.54, 1.807) is 31.1 Å². The second-order valence-electron chi connectivity index (χ2n) is 6.52. The van der Waals surface area contributed by atoms with Crippen molar-refractivity contribution in [2.24, 2.45) is 4.99 Å². The van der Waals surface area contributed by atoms with Crippen molar-refractivity contribution in [1.82, 2.24) is 15.5 Å². The summed E-state index contributed by atoms with van der Waals surface area (Å²) in [4.78, 5) is 18.1. The van der Waals surface area contributed by atoms with Crippen LogP contribution in [0.4, 0.5) is 4.39 Å². The van der Waals surface area contributed by atoms with Crippen molar-refractivity contribution < 1.29 is 9.18 Å². The molecule has 5 nitrogen and oxygen atoms in total. The molecule has 2 aromatic carbocycles. The number of benzene rings is 2. The monoisotopic (exact) mass is 404 g/mol. The van der Waals surface area contributed by atoms with Crippen LogP contribution in [0, 0.1) is 5.82 Å². The molecule has 0 saturated carbocycles. The molecule has 2 rings (SSSR count). The van der Waals surface area contributed by atoms with E-state index in [-0.39, 0.29) is 10.9 Å². The molecule has 0 unspecified atom stereocenters. The Balaban J connectivity index is 1.95. The fourth-order valence-electron chi connectivity index (χ4n) is 2.59. The van der Waals surface area contributed by atoms with Crippen LogP contribution >= 0.6 is 11.6 Å². The summed E-state index contributed by atoms with van der Waals surface area (Å²) in [7, 11) is 3.48. The fraction of sp³-hybridized carbons (Fsp3) is 0.333. The number of nitrogens with one attached hydrogen (secondary N) is 2. The van der Waals surface area contributed by atoms with Crippen LogP contribution in [-0.2, 0) is 13.0 Å². The summed E-state index contributed by atoms with van der Waals surface area (Å²) in [6, 6.07) is 12.2. The topological polar surface area (TPSA) is 56.7 Å². The first-order valence-corrected chi connectivity index (χ1v) is 9.55. The molecular weight excluding hydrogens is 379 g/mol. The van der Waals surface area contributed by atoms with Gasteiger partial charge in [-0.2, -0.15) is 0 Å². The van der Waals surface area contributed by atoms with E-state index in [1.165, 1.54) is 6.07 Å². The molecule has 0 aliphatic rings. The van der Waals surface area contributed by atoms with E-state index in [4.69, 9.17) is 11.6 Å². The maximum atomic E-state index is 13.3. The van der Waals surface area contributed by atoms with E-state index in [0.717, 1.165) is 24.1 Å². The van der Waals surface area contributed by atoms with Crippen molar-refractivity contribution in [3.05, 3.63) is 70.0 Å². The van der Waals surface area contributed by atoms with E-state index >= 15 is 0 Å². The number of guanidine groups is 1. The molecule has 150 valence electrons. The zero-order valence-electron chi connectivity index (χ0n) is 16.4. The standard InChI is InChI=1S/C21H26ClFN4O/c1-4-24-21(26-14-16-8-9-19(23)18(22)13-16)25-11-10-15-6-5-7-17(12-15)20(28)27(2)3/h5-9,12-13H,4,10-11,14H2,1-3H3,(H2,24,25,26). The maximum Gasteiger partial charge on any atom is 0.253 e. The molecule has 0 aliphatic carbocycles. The van der Waals surface area contributed by atoms with Gasteiger partial charge in [-0.25, -0.2) is 9.38 Å². The highest BCUT2D eigenvalue weighted by molar-refractivity contribution is 6.30. The van der Waals surface area contributed by atoms with E-state index in [9.17, 15) is 9.18 Å². The van der Waals surface area contributed by atoms with E-state index in [0.29, 0.717) is 24.6 Å². The second-order valence-corrected chi connectivity index (χ2v) is 6.93. The third-order valence-corrected chi connectivity index (χ3v) is 4.32. The average Bonchev–Trinajstić information content (AvgIpc) is 2.68. The highest BCUT2D eigenvalue weighted by Crippen LogP contribution is 2.16. The zero-order chi connectivity index (χ0) is 20.5. The lowest BCUT2D eigenvalue weighted by molar-refractivity contribution is 0.0827. The molecule has 28 heavy (non-hydrogen) atoms. The molecule has 0 bridgehead atoms. The van der Waals surface area contributed by atoms with Crippen LogP contribution in [0.1, 0.15) is 28.4 Å². The molecule has 0 fully saturated rings. The molecule has 0 radical (unpaired) electrons. The highest BCUT2D eigenvalue weighted by Gasteiger charge is 2.08. The molecule has 0 atom stereocenters. The fourth-order valence-corrected chi connectivity index (χ4v) is 2.80. The van der Waals surface area contributed by atoms with Gasteiger partial charge in [-0.15, -0.1) is 0 Å². The van der Waals surface area contributed by atoms with E-state index < -0.39 is 5.82 Å². The summed E-state index contributed by atoms with van der Waals surface area (Å²) in [5.41, 5.74) is 2.58. The van der Waals surface area contributed by atoms with Gasteiger partial charge in [0.15, 0.2) is 5.96 Å². The second kappa shape index (κ2) is 10.7. The Morgan fingerprint density at radius 1 is 1.14 bits per heavy atom. The predicted molar refractivity (Wildman–Crippen MR) is 112 cm³/mol. The molecule has 1 amide bonds. The zero-order valence-corrected chi connectivity index (χ0v) is 17.2. The van der Waals surface area contributed by atoms with Gasteiger partial charge in [0.05, 0.1) is 11.6 Å². The Bertz CT molecular complexity index is 839. The lowest BCUT2D eigenvalue weighted by atomic mass is 10.1. The number of carbonyl (C=O) groups excluding carboxylic acids is 1. The maximum absolute atomic E-state index is 13.3. The predicted octanol–water partition coefficient (Wildman–Crippen LogP) is 3.48. The minimum absolute atomic E-state index is 0.0114. The molecule has 0 aliphatic heterocycles. The van der Waals surface area contributed by atoms with Crippen molar-refractivity contribution in [3.8, 4) is 0 Å². The van der Waals surface area contributed by atoms with Gasteiger partial charge in [-0.1, -0.05) is 29.8 Å². The number of amides is 1. The van der Waals surface area contributed by atoms with Gasteiger partial charge in [0.2, 0.25) is 0 Å². The van der Waals surface area contributed by atoms with Crippen LogP contribution in [0.5, 0.6) is 0 Å². The van der Waals surface area contributed by atoms with Crippen LogP contribution in [0.15, 0.2) is 47.5 Å². The number of halogens is 2. The SMILES string of the molecule is CCNC(=NCc1ccc(F)c(Cl)c1)NCCc1cccc(C(=O)N(C)C)c1. The Labute approximate surface area is 170 Å². The first-order valence-electron chi connectivity index (χ1n) is 9.17. The summed E-state index contributed by atoms with van der Waals surface area (Å²) in [5.74, 6) is 0.223. The minimum Gasteiger partial charge on any atom is -0.357 e. The van der Waals surface area contributed by atoms with Gasteiger partial charge < -0.3 is 15.5 Å². The lowest BCUT2D eigenvalue weighted by Gasteiger charge is -2.13. The van der Waals surface area contributed by atoms with Crippen molar-refractivity contribution >= 4 is 23.5 Å². The van der Waals surface area contributed by atoms with Crippen LogP contribution < -0.4 is 10.6 Å². The molecule has 0 saturated heterocycles. The minimum atomic E-state index is -0.436. The van der Waals surface area contributed by atoms with Crippen LogP contribution in [0.2, 0.25) is 5.02 Å². The first-order chi connectivity index (χ1) is 13.4. The number of rotatable bonds is 7. The number of aliphatic imine (C=N–C) groups is 1. The first kappa shape index (κ1) is 21.7. The van der Waals surface area contributed by atoms with Crippen molar-refractivity contribution in [2.45, 2.75) is 19.9 Å². The van der Waals surface area contributed by atoms with Gasteiger partial charge in [0.1, 0.15) is 5.82 Å². The van der Waals surface area contributed by atoms with Gasteiger partial charge in [-0.3, -0.25) is 4.79 Å². The number of hydrogen-bond acceptors (Lipinski definition) is 2. The molecular formula is C21H26ClFN4O. The molecule has 0 heterocycles. The Kier molecular flexibility index (Phi) is 8.26. The smallest absolute Gasteiger partial charge is 0.253 e. The quantitative estimate of drug-likeness (QED) is 0.548. The lowest BCUT2D eigenvalue weighted by Crippen LogP contribution is -2.38. The summed E-state index contributed by atoms with van der Waals surface area (Å²) >= 11 is 5.81. The Morgan fingerprint density at radius 3 is 2.61 bits per heavy atom. The van der Waals surface area contributed by atoms with Crippen LogP contribution in [-0.4, -0.2) is 44.0 Å². The Morgan fingerprint density at radius 2 is 1.93 bits per heavy atom. The average molecular weight is 405 g/mol. The Hall–Kier alpha value is -2.60. The molecule has 2 aromatic rings. The summed E-state index contributed by atoms with van der Waals surface area (Å²) in [5, 5.41) is 6.55. The van der Waals surface area contributed by atoms with Crippen molar-refractivity contribution in [2.75, 3.05) is 27.2 Å². The summed E-state index contributed by atoms with van der Waals surface area (Å²) in [6.45, 7) is 3.77. The number of nitrogens with zero attached hydrogens (tertiary/aromatic N) is 2. The molecule has 0 aromatic heterocycles. The molecule has 0 spiro atoms. The molecule has 7 heteroatoms. The number of carbonyl (C=O) groups is 1. The number of hydrogen-bond donors (Lipinski definition) is 2. The van der Waals surface area contributed by atoms with E-state index in [1.807, 2.05) is 31.2 Å². The summed E-state index contributed by atoms with van der Waals surface area (Å²) < 4.78 is 13.3. The van der Waals surface area contributed by atoms with E-state index in [2.05, 4.69) is 15.6 Å². The highest BCUT2D eigenvalue weighted by atomic mass is 35.5. The van der Waals surface area contributed by atoms with Gasteiger partial charge in [-0.05, 0) is 48.7 Å². The van der Waals surface area contributed by atoms with Gasteiger partial charge in [0.25, 0.3) is 5.91 Å². The molecule has 2 N–H and O–H groups in total. The third kappa shape index (κ3) is 6.53. The van der Waals surface area contributed by atoms with Gasteiger partial charge >= 0.3 is 0 Å². The van der Waals surface area contributed by atoms with Gasteiger partial charge in [0, 0.05) is 32.7 Å². The van der Waals surface area contributed by atoms with Crippen LogP contribution in [0.25, 0.3) is 0 Å².